The molecule has 0 unspecified atom stereocenters. The van der Waals surface area contributed by atoms with Crippen molar-refractivity contribution in [2.45, 2.75) is 39.2 Å². The molecule has 1 heterocycles. The third-order valence-electron chi connectivity index (χ3n) is 5.15. The van der Waals surface area contributed by atoms with Gasteiger partial charge in [0.25, 0.3) is 5.91 Å². The van der Waals surface area contributed by atoms with Crippen LogP contribution in [0.15, 0.2) is 48.5 Å². The molecule has 0 spiro atoms. The second-order valence-corrected chi connectivity index (χ2v) is 7.45. The highest BCUT2D eigenvalue weighted by molar-refractivity contribution is 6.10. The predicted molar refractivity (Wildman–Crippen MR) is 108 cm³/mol. The number of amides is 4. The van der Waals surface area contributed by atoms with Gasteiger partial charge in [0.05, 0.1) is 0 Å². The van der Waals surface area contributed by atoms with Crippen LogP contribution in [-0.4, -0.2) is 34.8 Å². The Morgan fingerprint density at radius 2 is 1.68 bits per heavy atom. The van der Waals surface area contributed by atoms with Crippen LogP contribution in [0.3, 0.4) is 0 Å². The highest BCUT2D eigenvalue weighted by Crippen LogP contribution is 2.24. The van der Waals surface area contributed by atoms with Crippen molar-refractivity contribution >= 4 is 23.5 Å². The van der Waals surface area contributed by atoms with Gasteiger partial charge in [0.15, 0.2) is 0 Å². The van der Waals surface area contributed by atoms with Gasteiger partial charge in [0.2, 0.25) is 5.91 Å². The Hall–Kier alpha value is -3.15. The molecule has 0 aliphatic carbocycles. The van der Waals surface area contributed by atoms with E-state index < -0.39 is 17.5 Å². The number of hydrogen-bond acceptors (Lipinski definition) is 3. The normalized spacial score (nSPS) is 18.9. The highest BCUT2D eigenvalue weighted by atomic mass is 16.2. The zero-order valence-electron chi connectivity index (χ0n) is 16.4. The quantitative estimate of drug-likeness (QED) is 0.757. The van der Waals surface area contributed by atoms with Crippen LogP contribution in [0.2, 0.25) is 0 Å². The van der Waals surface area contributed by atoms with Gasteiger partial charge in [-0.05, 0) is 50.3 Å². The average molecular weight is 379 g/mol. The Kier molecular flexibility index (Phi) is 5.49. The lowest BCUT2D eigenvalue weighted by Crippen LogP contribution is -2.45. The van der Waals surface area contributed by atoms with Crippen LogP contribution in [0.5, 0.6) is 0 Å². The van der Waals surface area contributed by atoms with E-state index in [2.05, 4.69) is 10.6 Å². The Labute approximate surface area is 164 Å². The molecule has 1 saturated heterocycles. The summed E-state index contributed by atoms with van der Waals surface area (Å²) in [7, 11) is 0. The van der Waals surface area contributed by atoms with Gasteiger partial charge in [-0.2, -0.15) is 0 Å². The summed E-state index contributed by atoms with van der Waals surface area (Å²) in [6.45, 7) is 5.20. The van der Waals surface area contributed by atoms with Gasteiger partial charge in [0.1, 0.15) is 12.1 Å². The molecule has 4 amide bonds. The van der Waals surface area contributed by atoms with E-state index in [9.17, 15) is 14.4 Å². The van der Waals surface area contributed by atoms with Crippen molar-refractivity contribution in [3.8, 4) is 0 Å². The van der Waals surface area contributed by atoms with E-state index in [-0.39, 0.29) is 12.5 Å². The second-order valence-electron chi connectivity index (χ2n) is 7.45. The fourth-order valence-corrected chi connectivity index (χ4v) is 3.43. The Bertz CT molecular complexity index is 890. The van der Waals surface area contributed by atoms with E-state index in [0.29, 0.717) is 18.5 Å². The number of anilines is 1. The van der Waals surface area contributed by atoms with E-state index in [4.69, 9.17) is 0 Å². The molecule has 0 bridgehead atoms. The summed E-state index contributed by atoms with van der Waals surface area (Å²) in [4.78, 5) is 38.7. The van der Waals surface area contributed by atoms with E-state index in [0.717, 1.165) is 21.6 Å². The monoisotopic (exact) mass is 379 g/mol. The summed E-state index contributed by atoms with van der Waals surface area (Å²) < 4.78 is 0. The lowest BCUT2D eigenvalue weighted by molar-refractivity contribution is -0.133. The van der Waals surface area contributed by atoms with E-state index in [1.807, 2.05) is 62.4 Å². The zero-order valence-corrected chi connectivity index (χ0v) is 16.4. The van der Waals surface area contributed by atoms with Crippen molar-refractivity contribution in [1.82, 2.24) is 10.2 Å². The first-order valence-electron chi connectivity index (χ1n) is 9.34. The lowest BCUT2D eigenvalue weighted by atomic mass is 9.93. The van der Waals surface area contributed by atoms with Gasteiger partial charge in [0, 0.05) is 5.69 Å². The van der Waals surface area contributed by atoms with Crippen molar-refractivity contribution in [2.75, 3.05) is 11.9 Å². The third-order valence-corrected chi connectivity index (χ3v) is 5.15. The number of urea groups is 1. The molecule has 3 rings (SSSR count). The smallest absolute Gasteiger partial charge is 0.324 e. The largest absolute Gasteiger partial charge is 0.325 e. The van der Waals surface area contributed by atoms with E-state index in [1.54, 1.807) is 6.92 Å². The predicted octanol–water partition coefficient (Wildman–Crippen LogP) is 3.19. The van der Waals surface area contributed by atoms with Crippen LogP contribution in [-0.2, 0) is 16.0 Å². The first-order chi connectivity index (χ1) is 13.3. The van der Waals surface area contributed by atoms with E-state index in [1.165, 1.54) is 0 Å². The maximum absolute atomic E-state index is 12.8. The van der Waals surface area contributed by atoms with Gasteiger partial charge in [-0.1, -0.05) is 48.5 Å². The molecule has 1 aliphatic rings. The number of aryl methyl sites for hydroxylation is 3. The molecule has 2 N–H and O–H groups in total. The number of benzene rings is 2. The molecule has 6 heteroatoms. The molecule has 1 atom stereocenters. The first-order valence-corrected chi connectivity index (χ1v) is 9.34. The van der Waals surface area contributed by atoms with Crippen LogP contribution in [0.25, 0.3) is 0 Å². The number of nitrogens with one attached hydrogen (secondary N) is 2. The molecular weight excluding hydrogens is 354 g/mol. The standard InChI is InChI=1S/C22H25N3O3/c1-15-8-7-9-16(2)19(15)23-18(26)14-25-20(27)22(3,24-21(25)28)13-12-17-10-5-4-6-11-17/h4-11H,12-14H2,1-3H3,(H,23,26)(H,24,28)/t22-/m1/s1. The van der Waals surface area contributed by atoms with Crippen LogP contribution in [0.1, 0.15) is 30.0 Å². The molecule has 1 fully saturated rings. The number of para-hydroxylation sites is 1. The van der Waals surface area contributed by atoms with Crippen molar-refractivity contribution in [2.24, 2.45) is 0 Å². The summed E-state index contributed by atoms with van der Waals surface area (Å²) in [5.74, 6) is -0.765. The molecular formula is C22H25N3O3. The first kappa shape index (κ1) is 19.6. The van der Waals surface area contributed by atoms with Crippen molar-refractivity contribution in [3.63, 3.8) is 0 Å². The number of nitrogens with zero attached hydrogens (tertiary/aromatic N) is 1. The highest BCUT2D eigenvalue weighted by Gasteiger charge is 2.47. The molecule has 2 aromatic carbocycles. The Balaban J connectivity index is 1.65. The molecule has 2 aromatic rings. The summed E-state index contributed by atoms with van der Waals surface area (Å²) in [5.41, 5.74) is 2.66. The zero-order chi connectivity index (χ0) is 20.3. The summed E-state index contributed by atoms with van der Waals surface area (Å²) in [5, 5.41) is 5.57. The van der Waals surface area contributed by atoms with Gasteiger partial charge in [-0.3, -0.25) is 14.5 Å². The fraction of sp³-hybridized carbons (Fsp3) is 0.318. The van der Waals surface area contributed by atoms with Gasteiger partial charge in [-0.25, -0.2) is 4.79 Å². The Morgan fingerprint density at radius 1 is 1.04 bits per heavy atom. The molecule has 28 heavy (non-hydrogen) atoms. The minimum Gasteiger partial charge on any atom is -0.324 e. The van der Waals surface area contributed by atoms with E-state index >= 15 is 0 Å². The van der Waals surface area contributed by atoms with Crippen molar-refractivity contribution < 1.29 is 14.4 Å². The van der Waals surface area contributed by atoms with Crippen LogP contribution < -0.4 is 10.6 Å². The van der Waals surface area contributed by atoms with Gasteiger partial charge < -0.3 is 10.6 Å². The van der Waals surface area contributed by atoms with Crippen LogP contribution in [0, 0.1) is 13.8 Å². The topological polar surface area (TPSA) is 78.5 Å². The summed E-state index contributed by atoms with van der Waals surface area (Å²) in [6, 6.07) is 15.0. The van der Waals surface area contributed by atoms with Gasteiger partial charge >= 0.3 is 6.03 Å². The number of rotatable bonds is 6. The molecule has 6 nitrogen and oxygen atoms in total. The fourth-order valence-electron chi connectivity index (χ4n) is 3.43. The molecule has 1 aliphatic heterocycles. The number of hydrogen-bond donors (Lipinski definition) is 2. The van der Waals surface area contributed by atoms with Crippen LogP contribution >= 0.6 is 0 Å². The molecule has 0 aromatic heterocycles. The SMILES string of the molecule is Cc1cccc(C)c1NC(=O)CN1C(=O)N[C@](C)(CCc2ccccc2)C1=O. The van der Waals surface area contributed by atoms with Crippen molar-refractivity contribution in [3.05, 3.63) is 65.2 Å². The third kappa shape index (κ3) is 4.06. The minimum atomic E-state index is -1.01. The van der Waals surface area contributed by atoms with Gasteiger partial charge in [-0.15, -0.1) is 0 Å². The molecule has 146 valence electrons. The number of carbonyl (C=O) groups excluding carboxylic acids is 3. The maximum Gasteiger partial charge on any atom is 0.325 e. The van der Waals surface area contributed by atoms with Crippen molar-refractivity contribution in [1.29, 1.82) is 0 Å². The average Bonchev–Trinajstić information content (AvgIpc) is 2.88. The summed E-state index contributed by atoms with van der Waals surface area (Å²) >= 11 is 0. The number of imide groups is 1. The maximum atomic E-state index is 12.8. The number of carbonyl (C=O) groups is 3. The lowest BCUT2D eigenvalue weighted by Gasteiger charge is -2.21. The summed E-state index contributed by atoms with van der Waals surface area (Å²) in [6.07, 6.45) is 1.13. The Morgan fingerprint density at radius 3 is 2.32 bits per heavy atom. The molecule has 0 radical (unpaired) electrons. The minimum absolute atomic E-state index is 0.306. The van der Waals surface area contributed by atoms with Crippen LogP contribution in [0.4, 0.5) is 10.5 Å². The second kappa shape index (κ2) is 7.84. The molecule has 0 saturated carbocycles.